The Labute approximate surface area is 127 Å². The minimum Gasteiger partial charge on any atom is -0.472 e. The second kappa shape index (κ2) is 5.44. The molecule has 0 atom stereocenters. The van der Waals surface area contributed by atoms with E-state index in [1.54, 1.807) is 23.1 Å². The van der Waals surface area contributed by atoms with Gasteiger partial charge < -0.3 is 9.73 Å². The third-order valence-corrected chi connectivity index (χ3v) is 3.52. The van der Waals surface area contributed by atoms with Crippen LogP contribution < -0.4 is 5.32 Å². The van der Waals surface area contributed by atoms with Gasteiger partial charge in [-0.05, 0) is 32.4 Å². The lowest BCUT2D eigenvalue weighted by atomic mass is 10.2. The maximum Gasteiger partial charge on any atom is 0.258 e. The number of aryl methyl sites for hydroxylation is 1. The summed E-state index contributed by atoms with van der Waals surface area (Å²) in [5, 5.41) is 7.10. The van der Waals surface area contributed by atoms with Crippen LogP contribution in [0.25, 0.3) is 5.95 Å². The molecule has 3 aromatic rings. The molecule has 1 amide bonds. The lowest BCUT2D eigenvalue weighted by Gasteiger charge is -2.05. The molecular weight excluding hydrogens is 282 g/mol. The first-order chi connectivity index (χ1) is 10.6. The van der Waals surface area contributed by atoms with Crippen LogP contribution in [0.3, 0.4) is 0 Å². The fraction of sp³-hybridized carbons (Fsp3) is 0.200. The Hall–Kier alpha value is -2.96. The lowest BCUT2D eigenvalue weighted by molar-refractivity contribution is 0.102. The molecule has 112 valence electrons. The molecule has 0 radical (unpaired) electrons. The summed E-state index contributed by atoms with van der Waals surface area (Å²) in [6, 6.07) is 1.59. The minimum atomic E-state index is -0.271. The highest BCUT2D eigenvalue weighted by atomic mass is 16.3. The molecule has 0 saturated heterocycles. The highest BCUT2D eigenvalue weighted by Gasteiger charge is 2.12. The molecule has 0 aliphatic rings. The highest BCUT2D eigenvalue weighted by Crippen LogP contribution is 2.15. The van der Waals surface area contributed by atoms with Crippen LogP contribution in [0.4, 0.5) is 5.69 Å². The number of hydrogen-bond acceptors (Lipinski definition) is 5. The summed E-state index contributed by atoms with van der Waals surface area (Å²) >= 11 is 0. The van der Waals surface area contributed by atoms with Crippen LogP contribution in [0.2, 0.25) is 0 Å². The van der Waals surface area contributed by atoms with Crippen LogP contribution in [0, 0.1) is 20.8 Å². The maximum absolute atomic E-state index is 11.9. The molecule has 0 fully saturated rings. The zero-order valence-corrected chi connectivity index (χ0v) is 12.5. The zero-order valence-electron chi connectivity index (χ0n) is 12.5. The van der Waals surface area contributed by atoms with E-state index in [-0.39, 0.29) is 5.91 Å². The Morgan fingerprint density at radius 2 is 1.95 bits per heavy atom. The summed E-state index contributed by atoms with van der Waals surface area (Å²) in [5.74, 6) is 0.196. The molecule has 0 bridgehead atoms. The van der Waals surface area contributed by atoms with Gasteiger partial charge in [-0.15, -0.1) is 0 Å². The van der Waals surface area contributed by atoms with Crippen molar-refractivity contribution in [2.45, 2.75) is 20.8 Å². The molecule has 0 aliphatic carbocycles. The zero-order chi connectivity index (χ0) is 15.7. The molecule has 0 saturated carbocycles. The van der Waals surface area contributed by atoms with Gasteiger partial charge in [0, 0.05) is 5.69 Å². The first-order valence-electron chi connectivity index (χ1n) is 6.75. The number of hydrogen-bond donors (Lipinski definition) is 1. The Kier molecular flexibility index (Phi) is 3.46. The number of rotatable bonds is 3. The van der Waals surface area contributed by atoms with Gasteiger partial charge in [0.05, 0.1) is 35.6 Å². The van der Waals surface area contributed by atoms with Crippen molar-refractivity contribution in [3.63, 3.8) is 0 Å². The second-order valence-electron chi connectivity index (χ2n) is 4.95. The van der Waals surface area contributed by atoms with Gasteiger partial charge in [-0.25, -0.2) is 14.6 Å². The molecular formula is C15H15N5O2. The number of furan rings is 1. The summed E-state index contributed by atoms with van der Waals surface area (Å²) in [7, 11) is 0. The highest BCUT2D eigenvalue weighted by molar-refractivity contribution is 6.03. The molecule has 7 heteroatoms. The minimum absolute atomic E-state index is 0.271. The molecule has 0 unspecified atom stereocenters. The van der Waals surface area contributed by atoms with Gasteiger partial charge in [0.1, 0.15) is 6.26 Å². The first-order valence-corrected chi connectivity index (χ1v) is 6.75. The van der Waals surface area contributed by atoms with E-state index in [1.807, 2.05) is 20.8 Å². The van der Waals surface area contributed by atoms with Crippen molar-refractivity contribution in [2.24, 2.45) is 0 Å². The number of nitrogens with one attached hydrogen (secondary N) is 1. The van der Waals surface area contributed by atoms with Crippen molar-refractivity contribution in [3.05, 3.63) is 53.5 Å². The van der Waals surface area contributed by atoms with Crippen LogP contribution in [0.1, 0.15) is 27.3 Å². The number of nitrogens with zero attached hydrogens (tertiary/aromatic N) is 4. The van der Waals surface area contributed by atoms with Crippen molar-refractivity contribution in [2.75, 3.05) is 5.32 Å². The number of aromatic nitrogens is 4. The van der Waals surface area contributed by atoms with Gasteiger partial charge in [0.2, 0.25) is 0 Å². The summed E-state index contributed by atoms with van der Waals surface area (Å²) in [6.45, 7) is 5.92. The average molecular weight is 297 g/mol. The van der Waals surface area contributed by atoms with E-state index in [0.717, 1.165) is 17.0 Å². The number of anilines is 1. The summed E-state index contributed by atoms with van der Waals surface area (Å²) in [6.07, 6.45) is 5.92. The van der Waals surface area contributed by atoms with Crippen molar-refractivity contribution < 1.29 is 9.21 Å². The first kappa shape index (κ1) is 14.0. The Bertz CT molecular complexity index is 803. The summed E-state index contributed by atoms with van der Waals surface area (Å²) in [5.41, 5.74) is 4.00. The van der Waals surface area contributed by atoms with Crippen LogP contribution in [-0.4, -0.2) is 25.7 Å². The van der Waals surface area contributed by atoms with Gasteiger partial charge in [-0.2, -0.15) is 5.10 Å². The third-order valence-electron chi connectivity index (χ3n) is 3.52. The molecule has 3 heterocycles. The van der Waals surface area contributed by atoms with Crippen molar-refractivity contribution in [3.8, 4) is 5.95 Å². The van der Waals surface area contributed by atoms with E-state index in [9.17, 15) is 4.79 Å². The normalized spacial score (nSPS) is 10.7. The van der Waals surface area contributed by atoms with E-state index in [4.69, 9.17) is 4.42 Å². The largest absolute Gasteiger partial charge is 0.472 e. The van der Waals surface area contributed by atoms with E-state index in [0.29, 0.717) is 17.2 Å². The van der Waals surface area contributed by atoms with Crippen molar-refractivity contribution >= 4 is 11.6 Å². The van der Waals surface area contributed by atoms with E-state index >= 15 is 0 Å². The predicted octanol–water partition coefficient (Wildman–Crippen LogP) is 2.43. The monoisotopic (exact) mass is 297 g/mol. The standard InChI is InChI=1S/C15H15N5O2/c1-9-10(2)19-20(11(9)3)15-16-6-13(7-17-15)18-14(21)12-4-5-22-8-12/h4-8H,1-3H3,(H,18,21). The molecule has 1 N–H and O–H groups in total. The number of amides is 1. The molecule has 22 heavy (non-hydrogen) atoms. The maximum atomic E-state index is 11.9. The molecule has 3 aromatic heterocycles. The predicted molar refractivity (Wildman–Crippen MR) is 80.0 cm³/mol. The van der Waals surface area contributed by atoms with Crippen LogP contribution in [0.5, 0.6) is 0 Å². The smallest absolute Gasteiger partial charge is 0.258 e. The van der Waals surface area contributed by atoms with Gasteiger partial charge in [0.25, 0.3) is 11.9 Å². The van der Waals surface area contributed by atoms with Crippen LogP contribution in [-0.2, 0) is 0 Å². The topological polar surface area (TPSA) is 85.8 Å². The SMILES string of the molecule is Cc1nn(-c2ncc(NC(=O)c3ccoc3)cn2)c(C)c1C. The van der Waals surface area contributed by atoms with Crippen LogP contribution in [0.15, 0.2) is 35.4 Å². The fourth-order valence-electron chi connectivity index (χ4n) is 2.01. The fourth-order valence-corrected chi connectivity index (χ4v) is 2.01. The van der Waals surface area contributed by atoms with Crippen molar-refractivity contribution in [1.29, 1.82) is 0 Å². The molecule has 3 rings (SSSR count). The summed E-state index contributed by atoms with van der Waals surface area (Å²) in [4.78, 5) is 20.4. The van der Waals surface area contributed by atoms with Gasteiger partial charge in [-0.3, -0.25) is 4.79 Å². The molecule has 0 aromatic carbocycles. The lowest BCUT2D eigenvalue weighted by Crippen LogP contribution is -2.12. The van der Waals surface area contributed by atoms with E-state index < -0.39 is 0 Å². The van der Waals surface area contributed by atoms with E-state index in [1.165, 1.54) is 12.5 Å². The van der Waals surface area contributed by atoms with Crippen molar-refractivity contribution in [1.82, 2.24) is 19.7 Å². The van der Waals surface area contributed by atoms with Gasteiger partial charge in [0.15, 0.2) is 0 Å². The molecule has 7 nitrogen and oxygen atoms in total. The Morgan fingerprint density at radius 3 is 2.50 bits per heavy atom. The summed E-state index contributed by atoms with van der Waals surface area (Å²) < 4.78 is 6.56. The number of carbonyl (C=O) groups excluding carboxylic acids is 1. The second-order valence-corrected chi connectivity index (χ2v) is 4.95. The Morgan fingerprint density at radius 1 is 1.23 bits per heavy atom. The van der Waals surface area contributed by atoms with Crippen LogP contribution >= 0.6 is 0 Å². The van der Waals surface area contributed by atoms with Gasteiger partial charge in [-0.1, -0.05) is 0 Å². The third kappa shape index (κ3) is 2.48. The van der Waals surface area contributed by atoms with Gasteiger partial charge >= 0.3 is 0 Å². The van der Waals surface area contributed by atoms with E-state index in [2.05, 4.69) is 20.4 Å². The molecule has 0 spiro atoms. The number of carbonyl (C=O) groups is 1. The quantitative estimate of drug-likeness (QED) is 0.802. The average Bonchev–Trinajstić information content (AvgIpc) is 3.13. The Balaban J connectivity index is 1.81. The molecule has 0 aliphatic heterocycles.